The number of amides is 1. The van der Waals surface area contributed by atoms with Crippen LogP contribution in [0.15, 0.2) is 36.4 Å². The van der Waals surface area contributed by atoms with Gasteiger partial charge in [-0.05, 0) is 36.6 Å². The van der Waals surface area contributed by atoms with Gasteiger partial charge in [-0.3, -0.25) is 4.79 Å². The summed E-state index contributed by atoms with van der Waals surface area (Å²) in [6, 6.07) is 10.9. The van der Waals surface area contributed by atoms with Crippen LogP contribution in [-0.2, 0) is 13.0 Å². The molecule has 0 spiro atoms. The van der Waals surface area contributed by atoms with E-state index in [2.05, 4.69) is 6.07 Å². The van der Waals surface area contributed by atoms with Crippen molar-refractivity contribution in [3.8, 4) is 0 Å². The first kappa shape index (κ1) is 13.6. The van der Waals surface area contributed by atoms with Crippen LogP contribution in [0.25, 0.3) is 0 Å². The molecule has 1 amide bonds. The Morgan fingerprint density at radius 2 is 1.95 bits per heavy atom. The fourth-order valence-electron chi connectivity index (χ4n) is 2.68. The number of carbonyl (C=O) groups is 1. The van der Waals surface area contributed by atoms with Crippen molar-refractivity contribution in [2.45, 2.75) is 19.9 Å². The van der Waals surface area contributed by atoms with Gasteiger partial charge < -0.3 is 10.6 Å². The zero-order valence-corrected chi connectivity index (χ0v) is 11.9. The molecule has 0 fully saturated rings. The highest BCUT2D eigenvalue weighted by atomic mass is 19.1. The summed E-state index contributed by atoms with van der Waals surface area (Å²) >= 11 is 0. The summed E-state index contributed by atoms with van der Waals surface area (Å²) in [6.07, 6.45) is 0.825. The van der Waals surface area contributed by atoms with E-state index >= 15 is 0 Å². The van der Waals surface area contributed by atoms with E-state index in [0.717, 1.165) is 12.0 Å². The second-order valence-electron chi connectivity index (χ2n) is 5.42. The molecule has 0 aliphatic carbocycles. The number of carbonyl (C=O) groups excluding carboxylic acids is 1. The van der Waals surface area contributed by atoms with Crippen molar-refractivity contribution >= 4 is 11.6 Å². The predicted octanol–water partition coefficient (Wildman–Crippen LogP) is 2.91. The van der Waals surface area contributed by atoms with Gasteiger partial charge >= 0.3 is 0 Å². The molecular formula is C17H17FN2O. The van der Waals surface area contributed by atoms with E-state index in [1.165, 1.54) is 11.6 Å². The van der Waals surface area contributed by atoms with Crippen molar-refractivity contribution in [1.82, 2.24) is 4.90 Å². The molecule has 108 valence electrons. The molecule has 0 saturated heterocycles. The summed E-state index contributed by atoms with van der Waals surface area (Å²) < 4.78 is 13.8. The van der Waals surface area contributed by atoms with Crippen LogP contribution in [0.2, 0.25) is 0 Å². The normalized spacial score (nSPS) is 13.9. The third-order valence-corrected chi connectivity index (χ3v) is 4.05. The van der Waals surface area contributed by atoms with Crippen molar-refractivity contribution in [1.29, 1.82) is 0 Å². The summed E-state index contributed by atoms with van der Waals surface area (Å²) in [5.41, 5.74) is 9.19. The lowest BCUT2D eigenvalue weighted by Gasteiger charge is -2.29. The quantitative estimate of drug-likeness (QED) is 0.818. The number of fused-ring (bicyclic) bond motifs is 1. The van der Waals surface area contributed by atoms with Crippen molar-refractivity contribution in [3.05, 3.63) is 64.5 Å². The third kappa shape index (κ3) is 2.49. The van der Waals surface area contributed by atoms with Gasteiger partial charge in [0.15, 0.2) is 0 Å². The minimum absolute atomic E-state index is 0.171. The summed E-state index contributed by atoms with van der Waals surface area (Å²) in [5, 5.41) is 0. The molecule has 3 rings (SSSR count). The highest BCUT2D eigenvalue weighted by Gasteiger charge is 2.22. The maximum Gasteiger partial charge on any atom is 0.254 e. The highest BCUT2D eigenvalue weighted by molar-refractivity contribution is 5.95. The molecule has 2 N–H and O–H groups in total. The van der Waals surface area contributed by atoms with Gasteiger partial charge in [0.2, 0.25) is 0 Å². The average molecular weight is 284 g/mol. The predicted molar refractivity (Wildman–Crippen MR) is 80.4 cm³/mol. The van der Waals surface area contributed by atoms with Crippen LogP contribution in [0.3, 0.4) is 0 Å². The fraction of sp³-hybridized carbons (Fsp3) is 0.235. The van der Waals surface area contributed by atoms with E-state index in [1.807, 2.05) is 18.2 Å². The molecule has 1 aliphatic rings. The number of nitrogens with zero attached hydrogens (tertiary/aromatic N) is 1. The first-order valence-electron chi connectivity index (χ1n) is 6.98. The van der Waals surface area contributed by atoms with Gasteiger partial charge in [0.05, 0.1) is 0 Å². The standard InChI is InChI=1S/C17H17FN2O/c1-11-15(18)8-14(9-16(11)19)17(21)20-7-6-12-4-2-3-5-13(12)10-20/h2-5,8-9H,6-7,10,19H2,1H3. The summed E-state index contributed by atoms with van der Waals surface area (Å²) in [4.78, 5) is 14.3. The zero-order valence-electron chi connectivity index (χ0n) is 11.9. The second-order valence-corrected chi connectivity index (χ2v) is 5.42. The largest absolute Gasteiger partial charge is 0.398 e. The summed E-state index contributed by atoms with van der Waals surface area (Å²) in [7, 11) is 0. The molecule has 0 bridgehead atoms. The highest BCUT2D eigenvalue weighted by Crippen LogP contribution is 2.23. The van der Waals surface area contributed by atoms with Gasteiger partial charge in [0, 0.05) is 29.9 Å². The smallest absolute Gasteiger partial charge is 0.254 e. The van der Waals surface area contributed by atoms with E-state index < -0.39 is 5.82 Å². The molecule has 0 radical (unpaired) electrons. The molecule has 1 heterocycles. The number of rotatable bonds is 1. The molecule has 4 heteroatoms. The lowest BCUT2D eigenvalue weighted by atomic mass is 9.99. The van der Waals surface area contributed by atoms with E-state index in [0.29, 0.717) is 29.9 Å². The lowest BCUT2D eigenvalue weighted by molar-refractivity contribution is 0.0734. The Morgan fingerprint density at radius 3 is 2.67 bits per heavy atom. The molecule has 0 unspecified atom stereocenters. The molecule has 0 aromatic heterocycles. The zero-order chi connectivity index (χ0) is 15.0. The van der Waals surface area contributed by atoms with Crippen LogP contribution >= 0.6 is 0 Å². The first-order chi connectivity index (χ1) is 10.1. The van der Waals surface area contributed by atoms with Crippen LogP contribution in [0.5, 0.6) is 0 Å². The summed E-state index contributed by atoms with van der Waals surface area (Å²) in [5.74, 6) is -0.606. The number of nitrogens with two attached hydrogens (primary N) is 1. The van der Waals surface area contributed by atoms with Gasteiger partial charge in [0.1, 0.15) is 5.82 Å². The Labute approximate surface area is 123 Å². The van der Waals surface area contributed by atoms with Gasteiger partial charge in [-0.15, -0.1) is 0 Å². The Bertz CT molecular complexity index is 689. The molecular weight excluding hydrogens is 267 g/mol. The minimum Gasteiger partial charge on any atom is -0.398 e. The lowest BCUT2D eigenvalue weighted by Crippen LogP contribution is -2.36. The Kier molecular flexibility index (Phi) is 3.37. The third-order valence-electron chi connectivity index (χ3n) is 4.05. The second kappa shape index (κ2) is 5.20. The van der Waals surface area contributed by atoms with Crippen LogP contribution < -0.4 is 5.73 Å². The van der Waals surface area contributed by atoms with Crippen molar-refractivity contribution < 1.29 is 9.18 Å². The Morgan fingerprint density at radius 1 is 1.24 bits per heavy atom. The minimum atomic E-state index is -0.434. The van der Waals surface area contributed by atoms with Gasteiger partial charge in [-0.1, -0.05) is 24.3 Å². The molecule has 0 saturated carbocycles. The van der Waals surface area contributed by atoms with E-state index in [1.54, 1.807) is 17.9 Å². The SMILES string of the molecule is Cc1c(N)cc(C(=O)N2CCc3ccccc3C2)cc1F. The number of hydrogen-bond donors (Lipinski definition) is 1. The topological polar surface area (TPSA) is 46.3 Å². The van der Waals surface area contributed by atoms with E-state index in [4.69, 9.17) is 5.73 Å². The maximum atomic E-state index is 13.8. The monoisotopic (exact) mass is 284 g/mol. The molecule has 2 aromatic rings. The van der Waals surface area contributed by atoms with E-state index in [-0.39, 0.29) is 5.91 Å². The molecule has 1 aliphatic heterocycles. The fourth-order valence-corrected chi connectivity index (χ4v) is 2.68. The molecule has 0 atom stereocenters. The average Bonchev–Trinajstić information content (AvgIpc) is 2.51. The Hall–Kier alpha value is -2.36. The molecule has 3 nitrogen and oxygen atoms in total. The Balaban J connectivity index is 1.87. The van der Waals surface area contributed by atoms with Crippen molar-refractivity contribution in [2.75, 3.05) is 12.3 Å². The molecule has 21 heavy (non-hydrogen) atoms. The molecule has 2 aromatic carbocycles. The summed E-state index contributed by atoms with van der Waals surface area (Å²) in [6.45, 7) is 2.81. The maximum absolute atomic E-state index is 13.8. The van der Waals surface area contributed by atoms with Gasteiger partial charge in [-0.25, -0.2) is 4.39 Å². The van der Waals surface area contributed by atoms with Crippen molar-refractivity contribution in [2.24, 2.45) is 0 Å². The number of anilines is 1. The van der Waals surface area contributed by atoms with Crippen molar-refractivity contribution in [3.63, 3.8) is 0 Å². The van der Waals surface area contributed by atoms with Crippen LogP contribution in [0.4, 0.5) is 10.1 Å². The number of nitrogen functional groups attached to an aromatic ring is 1. The number of halogens is 1. The van der Waals surface area contributed by atoms with Crippen LogP contribution in [0.1, 0.15) is 27.0 Å². The van der Waals surface area contributed by atoms with Gasteiger partial charge in [-0.2, -0.15) is 0 Å². The van der Waals surface area contributed by atoms with Crippen LogP contribution in [0, 0.1) is 12.7 Å². The number of benzene rings is 2. The van der Waals surface area contributed by atoms with Crippen LogP contribution in [-0.4, -0.2) is 17.4 Å². The number of hydrogen-bond acceptors (Lipinski definition) is 2. The van der Waals surface area contributed by atoms with Gasteiger partial charge in [0.25, 0.3) is 5.91 Å². The first-order valence-corrected chi connectivity index (χ1v) is 6.98. The van der Waals surface area contributed by atoms with E-state index in [9.17, 15) is 9.18 Å².